The van der Waals surface area contributed by atoms with Crippen LogP contribution in [-0.2, 0) is 9.59 Å². The van der Waals surface area contributed by atoms with Crippen LogP contribution in [0.2, 0.25) is 0 Å². The van der Waals surface area contributed by atoms with Gasteiger partial charge in [-0.3, -0.25) is 4.79 Å². The highest BCUT2D eigenvalue weighted by molar-refractivity contribution is 5.89. The predicted octanol–water partition coefficient (Wildman–Crippen LogP) is 0.160. The fraction of sp³-hybridized carbons (Fsp3) is 0.750. The number of urea groups is 1. The maximum Gasteiger partial charge on any atom is 0.326 e. The molecule has 19 heavy (non-hydrogen) atoms. The summed E-state index contributed by atoms with van der Waals surface area (Å²) in [5, 5.41) is 14.2. The summed E-state index contributed by atoms with van der Waals surface area (Å²) < 4.78 is 0. The van der Waals surface area contributed by atoms with Crippen molar-refractivity contribution in [2.45, 2.75) is 45.2 Å². The molecule has 1 heterocycles. The fourth-order valence-electron chi connectivity index (χ4n) is 1.96. The Morgan fingerprint density at radius 2 is 2.26 bits per heavy atom. The Labute approximate surface area is 112 Å². The van der Waals surface area contributed by atoms with Gasteiger partial charge in [0.1, 0.15) is 12.1 Å². The lowest BCUT2D eigenvalue weighted by molar-refractivity contribution is -0.139. The zero-order valence-corrected chi connectivity index (χ0v) is 11.3. The number of nitrogens with one attached hydrogen (secondary N) is 2. The lowest BCUT2D eigenvalue weighted by Gasteiger charge is -2.33. The summed E-state index contributed by atoms with van der Waals surface area (Å²) in [6, 6.07) is -1.97. The SMILES string of the molecule is CCCCC(NC(=O)N1CCNC(=O)C1C)C(=O)O. The van der Waals surface area contributed by atoms with Crippen LogP contribution in [0, 0.1) is 0 Å². The van der Waals surface area contributed by atoms with Crippen LogP contribution in [-0.4, -0.2) is 53.1 Å². The second kappa shape index (κ2) is 6.96. The van der Waals surface area contributed by atoms with Crippen LogP contribution in [0.3, 0.4) is 0 Å². The number of amides is 3. The second-order valence-corrected chi connectivity index (χ2v) is 4.64. The Balaban J connectivity index is 2.60. The highest BCUT2D eigenvalue weighted by Gasteiger charge is 2.31. The third-order valence-corrected chi connectivity index (χ3v) is 3.20. The molecule has 3 amide bonds. The molecule has 0 aromatic heterocycles. The molecule has 1 aliphatic heterocycles. The Morgan fingerprint density at radius 1 is 1.58 bits per heavy atom. The number of carbonyl (C=O) groups is 3. The molecule has 0 bridgehead atoms. The van der Waals surface area contributed by atoms with Crippen LogP contribution in [0.4, 0.5) is 4.79 Å². The summed E-state index contributed by atoms with van der Waals surface area (Å²) in [5.74, 6) is -1.27. The Morgan fingerprint density at radius 3 is 2.84 bits per heavy atom. The maximum atomic E-state index is 12.0. The van der Waals surface area contributed by atoms with E-state index in [9.17, 15) is 14.4 Å². The van der Waals surface area contributed by atoms with Crippen LogP contribution < -0.4 is 10.6 Å². The molecule has 1 rings (SSSR count). The topological polar surface area (TPSA) is 98.7 Å². The van der Waals surface area contributed by atoms with Gasteiger partial charge in [0.2, 0.25) is 5.91 Å². The summed E-state index contributed by atoms with van der Waals surface area (Å²) in [7, 11) is 0. The number of rotatable bonds is 5. The number of nitrogens with zero attached hydrogens (tertiary/aromatic N) is 1. The highest BCUT2D eigenvalue weighted by atomic mass is 16.4. The largest absolute Gasteiger partial charge is 0.480 e. The minimum atomic E-state index is -1.05. The average molecular weight is 271 g/mol. The summed E-state index contributed by atoms with van der Waals surface area (Å²) in [5.41, 5.74) is 0. The van der Waals surface area contributed by atoms with Crippen molar-refractivity contribution in [3.8, 4) is 0 Å². The molecular weight excluding hydrogens is 250 g/mol. The first-order valence-corrected chi connectivity index (χ1v) is 6.55. The second-order valence-electron chi connectivity index (χ2n) is 4.64. The molecule has 0 aromatic carbocycles. The molecular formula is C12H21N3O4. The van der Waals surface area contributed by atoms with Crippen molar-refractivity contribution in [1.29, 1.82) is 0 Å². The van der Waals surface area contributed by atoms with E-state index < -0.39 is 24.1 Å². The number of unbranched alkanes of at least 4 members (excludes halogenated alkanes) is 1. The minimum Gasteiger partial charge on any atom is -0.480 e. The zero-order chi connectivity index (χ0) is 14.4. The number of aliphatic carboxylic acids is 1. The molecule has 1 fully saturated rings. The van der Waals surface area contributed by atoms with Crippen molar-refractivity contribution in [3.05, 3.63) is 0 Å². The Hall–Kier alpha value is -1.79. The molecule has 108 valence electrons. The Bertz CT molecular complexity index is 359. The van der Waals surface area contributed by atoms with E-state index in [4.69, 9.17) is 5.11 Å². The first-order valence-electron chi connectivity index (χ1n) is 6.55. The van der Waals surface area contributed by atoms with Gasteiger partial charge in [0.05, 0.1) is 0 Å². The summed E-state index contributed by atoms with van der Waals surface area (Å²) in [6.45, 7) is 4.36. The molecule has 7 nitrogen and oxygen atoms in total. The molecule has 7 heteroatoms. The van der Waals surface area contributed by atoms with Gasteiger partial charge in [0.15, 0.2) is 0 Å². The predicted molar refractivity (Wildman–Crippen MR) is 68.7 cm³/mol. The third-order valence-electron chi connectivity index (χ3n) is 3.20. The molecule has 1 saturated heterocycles. The van der Waals surface area contributed by atoms with E-state index in [-0.39, 0.29) is 5.91 Å². The van der Waals surface area contributed by atoms with E-state index in [1.807, 2.05) is 6.92 Å². The maximum absolute atomic E-state index is 12.0. The first kappa shape index (κ1) is 15.3. The quantitative estimate of drug-likeness (QED) is 0.663. The van der Waals surface area contributed by atoms with Crippen molar-refractivity contribution >= 4 is 17.9 Å². The van der Waals surface area contributed by atoms with Crippen molar-refractivity contribution in [2.24, 2.45) is 0 Å². The van der Waals surface area contributed by atoms with Gasteiger partial charge in [-0.15, -0.1) is 0 Å². The number of carboxylic acids is 1. The lowest BCUT2D eigenvalue weighted by Crippen LogP contribution is -2.59. The molecule has 3 N–H and O–H groups in total. The van der Waals surface area contributed by atoms with Gasteiger partial charge in [-0.1, -0.05) is 19.8 Å². The summed E-state index contributed by atoms with van der Waals surface area (Å²) in [4.78, 5) is 35.9. The number of piperazine rings is 1. The van der Waals surface area contributed by atoms with Crippen LogP contribution in [0.5, 0.6) is 0 Å². The molecule has 2 atom stereocenters. The van der Waals surface area contributed by atoms with Crippen LogP contribution in [0.25, 0.3) is 0 Å². The van der Waals surface area contributed by atoms with Gasteiger partial charge in [0.25, 0.3) is 0 Å². The van der Waals surface area contributed by atoms with Crippen LogP contribution in [0.1, 0.15) is 33.1 Å². The van der Waals surface area contributed by atoms with E-state index in [1.165, 1.54) is 4.90 Å². The normalized spacial score (nSPS) is 20.6. The third kappa shape index (κ3) is 4.11. The van der Waals surface area contributed by atoms with Crippen LogP contribution in [0.15, 0.2) is 0 Å². The average Bonchev–Trinajstić information content (AvgIpc) is 2.37. The molecule has 0 radical (unpaired) electrons. The summed E-state index contributed by atoms with van der Waals surface area (Å²) >= 11 is 0. The fourth-order valence-corrected chi connectivity index (χ4v) is 1.96. The van der Waals surface area contributed by atoms with Gasteiger partial charge in [-0.25, -0.2) is 9.59 Å². The van der Waals surface area contributed by atoms with E-state index in [0.717, 1.165) is 12.8 Å². The van der Waals surface area contributed by atoms with Gasteiger partial charge in [-0.2, -0.15) is 0 Å². The highest BCUT2D eigenvalue weighted by Crippen LogP contribution is 2.07. The summed E-state index contributed by atoms with van der Waals surface area (Å²) in [6.07, 6.45) is 1.99. The van der Waals surface area contributed by atoms with E-state index in [0.29, 0.717) is 19.5 Å². The van der Waals surface area contributed by atoms with Crippen molar-refractivity contribution in [3.63, 3.8) is 0 Å². The molecule has 2 unspecified atom stereocenters. The lowest BCUT2D eigenvalue weighted by atomic mass is 10.1. The van der Waals surface area contributed by atoms with Gasteiger partial charge in [0, 0.05) is 13.1 Å². The molecule has 0 aromatic rings. The van der Waals surface area contributed by atoms with E-state index in [1.54, 1.807) is 6.92 Å². The van der Waals surface area contributed by atoms with Crippen molar-refractivity contribution < 1.29 is 19.5 Å². The Kier molecular flexibility index (Phi) is 5.59. The first-order chi connectivity index (χ1) is 8.97. The molecule has 0 saturated carbocycles. The minimum absolute atomic E-state index is 0.221. The molecule has 1 aliphatic rings. The molecule has 0 spiro atoms. The van der Waals surface area contributed by atoms with Gasteiger partial charge < -0.3 is 20.6 Å². The number of carboxylic acid groups (broad SMARTS) is 1. The zero-order valence-electron chi connectivity index (χ0n) is 11.3. The van der Waals surface area contributed by atoms with Crippen molar-refractivity contribution in [2.75, 3.05) is 13.1 Å². The van der Waals surface area contributed by atoms with Crippen LogP contribution >= 0.6 is 0 Å². The number of hydrogen-bond acceptors (Lipinski definition) is 3. The van der Waals surface area contributed by atoms with Gasteiger partial charge in [-0.05, 0) is 13.3 Å². The van der Waals surface area contributed by atoms with E-state index >= 15 is 0 Å². The molecule has 0 aliphatic carbocycles. The smallest absolute Gasteiger partial charge is 0.326 e. The number of hydrogen-bond donors (Lipinski definition) is 3. The number of carbonyl (C=O) groups excluding carboxylic acids is 2. The van der Waals surface area contributed by atoms with Crippen molar-refractivity contribution in [1.82, 2.24) is 15.5 Å². The van der Waals surface area contributed by atoms with Gasteiger partial charge >= 0.3 is 12.0 Å². The van der Waals surface area contributed by atoms with E-state index in [2.05, 4.69) is 10.6 Å². The standard InChI is InChI=1S/C12H21N3O4/c1-3-4-5-9(11(17)18)14-12(19)15-7-6-13-10(16)8(15)2/h8-9H,3-7H2,1-2H3,(H,13,16)(H,14,19)(H,17,18). The monoisotopic (exact) mass is 271 g/mol.